The summed E-state index contributed by atoms with van der Waals surface area (Å²) in [6.45, 7) is 16.3. The Bertz CT molecular complexity index is 1490. The molecule has 4 rings (SSSR count). The van der Waals surface area contributed by atoms with E-state index >= 15 is 0 Å². The van der Waals surface area contributed by atoms with Gasteiger partial charge in [0.15, 0.2) is 14.0 Å². The Hall–Kier alpha value is -3.65. The molecule has 14 heteroatoms. The molecular formula is C29H38F3N5O5Si. The number of halogens is 3. The number of hydrogen-bond acceptors (Lipinski definition) is 7. The maximum absolute atomic E-state index is 13.1. The number of carbonyl (C=O) groups is 2. The van der Waals surface area contributed by atoms with Gasteiger partial charge in [0.05, 0.1) is 22.5 Å². The average molecular weight is 622 g/mol. The van der Waals surface area contributed by atoms with Crippen molar-refractivity contribution in [2.75, 3.05) is 25.0 Å². The molecule has 43 heavy (non-hydrogen) atoms. The Balaban J connectivity index is 1.66. The molecule has 1 aromatic carbocycles. The van der Waals surface area contributed by atoms with Crippen molar-refractivity contribution in [1.82, 2.24) is 19.7 Å². The second-order valence-corrected chi connectivity index (χ2v) is 17.9. The number of carbonyl (C=O) groups excluding carboxylic acids is 2. The summed E-state index contributed by atoms with van der Waals surface area (Å²) in [5.41, 5.74) is 1.22. The maximum atomic E-state index is 13.1. The van der Waals surface area contributed by atoms with Gasteiger partial charge in [-0.15, -0.1) is 13.2 Å². The number of pyridine rings is 1. The van der Waals surface area contributed by atoms with Crippen molar-refractivity contribution in [3.63, 3.8) is 0 Å². The number of alkyl halides is 3. The van der Waals surface area contributed by atoms with Gasteiger partial charge >= 0.3 is 12.5 Å². The van der Waals surface area contributed by atoms with Gasteiger partial charge in [-0.25, -0.2) is 14.5 Å². The van der Waals surface area contributed by atoms with Crippen molar-refractivity contribution in [3.05, 3.63) is 42.2 Å². The number of nitrogens with one attached hydrogen (secondary N) is 1. The topological polar surface area (TPSA) is 108 Å². The van der Waals surface area contributed by atoms with Gasteiger partial charge in [0.1, 0.15) is 18.0 Å². The number of aromatic nitrogens is 3. The largest absolute Gasteiger partial charge is 0.573 e. The van der Waals surface area contributed by atoms with Crippen LogP contribution in [0, 0.1) is 0 Å². The minimum Gasteiger partial charge on any atom is -0.444 e. The first kappa shape index (κ1) is 32.3. The van der Waals surface area contributed by atoms with Crippen LogP contribution >= 0.6 is 0 Å². The van der Waals surface area contributed by atoms with E-state index in [4.69, 9.17) is 14.3 Å². The fraction of sp³-hybridized carbons (Fsp3) is 0.517. The van der Waals surface area contributed by atoms with Crippen LogP contribution in [0.5, 0.6) is 5.75 Å². The summed E-state index contributed by atoms with van der Waals surface area (Å²) in [5, 5.41) is 8.20. The fourth-order valence-corrected chi connectivity index (χ4v) is 5.13. The highest BCUT2D eigenvalue weighted by Gasteiger charge is 2.39. The standard InChI is InChI=1S/C29H38F3N5O5Si/c1-27(2,3)42-26(39)36-15-18(16-36)24-23-21(34-22(38)17-40-43(7,8)28(4,5)6)13-14-33-25(23)37(35-24)19-9-11-20(12-10-19)41-29(30,31)32/h9-14,18H,15-17H2,1-8H3,(H,33,34,38). The SMILES string of the molecule is CC(C)(C)OC(=O)N1CC(c2nn(-c3ccc(OC(F)(F)F)cc3)c3nccc(NC(=O)CO[Si](C)(C)C(C)(C)C)c23)C1. The molecule has 1 aliphatic heterocycles. The van der Waals surface area contributed by atoms with Gasteiger partial charge in [-0.05, 0) is 69.2 Å². The third kappa shape index (κ3) is 7.66. The van der Waals surface area contributed by atoms with Gasteiger partial charge in [0.2, 0.25) is 5.91 Å². The second kappa shape index (κ2) is 11.4. The number of ether oxygens (including phenoxy) is 2. The lowest BCUT2D eigenvalue weighted by molar-refractivity contribution is -0.274. The summed E-state index contributed by atoms with van der Waals surface area (Å²) in [5.74, 6) is -0.913. The lowest BCUT2D eigenvalue weighted by Crippen LogP contribution is -2.50. The van der Waals surface area contributed by atoms with E-state index in [2.05, 4.69) is 48.9 Å². The summed E-state index contributed by atoms with van der Waals surface area (Å²) in [4.78, 5) is 31.7. The number of likely N-dealkylation sites (tertiary alicyclic amines) is 1. The number of nitrogens with zero attached hydrogens (tertiary/aromatic N) is 4. The molecule has 10 nitrogen and oxygen atoms in total. The number of anilines is 1. The van der Waals surface area contributed by atoms with Crippen LogP contribution in [0.2, 0.25) is 18.1 Å². The summed E-state index contributed by atoms with van der Waals surface area (Å²) in [6, 6.07) is 6.91. The van der Waals surface area contributed by atoms with Crippen LogP contribution in [0.15, 0.2) is 36.5 Å². The van der Waals surface area contributed by atoms with E-state index in [1.54, 1.807) is 31.7 Å². The van der Waals surface area contributed by atoms with Crippen LogP contribution in [0.3, 0.4) is 0 Å². The Morgan fingerprint density at radius 1 is 1.02 bits per heavy atom. The third-order valence-corrected chi connectivity index (χ3v) is 12.0. The average Bonchev–Trinajstić information content (AvgIpc) is 3.20. The summed E-state index contributed by atoms with van der Waals surface area (Å²) in [7, 11) is -2.18. The molecule has 0 bridgehead atoms. The molecule has 0 radical (unpaired) electrons. The van der Waals surface area contributed by atoms with Crippen LogP contribution in [0.1, 0.15) is 53.2 Å². The monoisotopic (exact) mass is 621 g/mol. The molecule has 0 saturated carbocycles. The molecule has 2 aromatic heterocycles. The Labute approximate surface area is 249 Å². The molecular weight excluding hydrogens is 583 g/mol. The second-order valence-electron chi connectivity index (χ2n) is 13.1. The molecule has 1 aliphatic rings. The number of amides is 2. The van der Waals surface area contributed by atoms with E-state index in [0.29, 0.717) is 41.2 Å². The predicted octanol–water partition coefficient (Wildman–Crippen LogP) is 6.61. The van der Waals surface area contributed by atoms with E-state index in [1.165, 1.54) is 35.1 Å². The first-order valence-electron chi connectivity index (χ1n) is 13.9. The summed E-state index contributed by atoms with van der Waals surface area (Å²) in [6.07, 6.45) is -3.74. The molecule has 3 heterocycles. The molecule has 1 N–H and O–H groups in total. The highest BCUT2D eigenvalue weighted by atomic mass is 28.4. The van der Waals surface area contributed by atoms with Crippen molar-refractivity contribution in [1.29, 1.82) is 0 Å². The van der Waals surface area contributed by atoms with Crippen LogP contribution < -0.4 is 10.1 Å². The Morgan fingerprint density at radius 3 is 2.21 bits per heavy atom. The molecule has 2 amide bonds. The number of rotatable bonds is 7. The molecule has 3 aromatic rings. The van der Waals surface area contributed by atoms with Gasteiger partial charge in [0.25, 0.3) is 0 Å². The third-order valence-electron chi connectivity index (χ3n) is 7.47. The van der Waals surface area contributed by atoms with Crippen molar-refractivity contribution >= 4 is 37.0 Å². The zero-order valence-corrected chi connectivity index (χ0v) is 26.6. The van der Waals surface area contributed by atoms with Gasteiger partial charge in [-0.3, -0.25) is 4.79 Å². The molecule has 1 saturated heterocycles. The Morgan fingerprint density at radius 2 is 1.65 bits per heavy atom. The highest BCUT2D eigenvalue weighted by Crippen LogP contribution is 2.38. The number of fused-ring (bicyclic) bond motifs is 1. The van der Waals surface area contributed by atoms with E-state index in [1.807, 2.05) is 0 Å². The van der Waals surface area contributed by atoms with Crippen LogP contribution in [0.4, 0.5) is 23.7 Å². The zero-order chi connectivity index (χ0) is 32.0. The van der Waals surface area contributed by atoms with Crippen molar-refractivity contribution in [2.24, 2.45) is 0 Å². The van der Waals surface area contributed by atoms with Crippen molar-refractivity contribution in [3.8, 4) is 11.4 Å². The molecule has 0 aliphatic carbocycles. The lowest BCUT2D eigenvalue weighted by Gasteiger charge is -2.39. The van der Waals surface area contributed by atoms with E-state index in [9.17, 15) is 22.8 Å². The molecule has 0 unspecified atom stereocenters. The number of hydrogen-bond donors (Lipinski definition) is 1. The smallest absolute Gasteiger partial charge is 0.444 e. The Kier molecular flexibility index (Phi) is 8.59. The van der Waals surface area contributed by atoms with Gasteiger partial charge in [-0.2, -0.15) is 5.10 Å². The minimum absolute atomic E-state index is 0.0730. The maximum Gasteiger partial charge on any atom is 0.573 e. The molecule has 0 spiro atoms. The molecule has 234 valence electrons. The summed E-state index contributed by atoms with van der Waals surface area (Å²) >= 11 is 0. The molecule has 0 atom stereocenters. The van der Waals surface area contributed by atoms with E-state index in [-0.39, 0.29) is 29.2 Å². The van der Waals surface area contributed by atoms with Gasteiger partial charge in [0, 0.05) is 25.2 Å². The fourth-order valence-electron chi connectivity index (χ4n) is 4.20. The normalized spacial score (nSPS) is 14.9. The zero-order valence-electron chi connectivity index (χ0n) is 25.6. The molecule has 1 fully saturated rings. The van der Waals surface area contributed by atoms with Crippen LogP contribution in [-0.4, -0.2) is 71.6 Å². The van der Waals surface area contributed by atoms with Crippen LogP contribution in [-0.2, 0) is 14.0 Å². The van der Waals surface area contributed by atoms with Gasteiger partial charge < -0.3 is 24.1 Å². The van der Waals surface area contributed by atoms with Crippen LogP contribution in [0.25, 0.3) is 16.7 Å². The lowest BCUT2D eigenvalue weighted by atomic mass is 9.94. The minimum atomic E-state index is -4.82. The van der Waals surface area contributed by atoms with Gasteiger partial charge in [-0.1, -0.05) is 20.8 Å². The quantitative estimate of drug-likeness (QED) is 0.296. The van der Waals surface area contributed by atoms with Crippen molar-refractivity contribution in [2.45, 2.75) is 77.6 Å². The predicted molar refractivity (Wildman–Crippen MR) is 158 cm³/mol. The van der Waals surface area contributed by atoms with E-state index < -0.39 is 26.4 Å². The first-order valence-corrected chi connectivity index (χ1v) is 16.8. The van der Waals surface area contributed by atoms with E-state index in [0.717, 1.165) is 0 Å². The summed E-state index contributed by atoms with van der Waals surface area (Å²) < 4.78 is 55.1. The number of benzene rings is 1. The van der Waals surface area contributed by atoms with Crippen molar-refractivity contribution < 1.29 is 36.7 Å². The first-order chi connectivity index (χ1) is 19.7. The highest BCUT2D eigenvalue weighted by molar-refractivity contribution is 6.74.